The van der Waals surface area contributed by atoms with Crippen LogP contribution in [-0.4, -0.2) is 59.5 Å². The predicted molar refractivity (Wildman–Crippen MR) is 238 cm³/mol. The van der Waals surface area contributed by atoms with Crippen LogP contribution in [-0.2, 0) is 22.3 Å². The lowest BCUT2D eigenvalue weighted by Crippen LogP contribution is -2.37. The summed E-state index contributed by atoms with van der Waals surface area (Å²) in [6.45, 7) is 7.26. The van der Waals surface area contributed by atoms with Gasteiger partial charge in [0.05, 0.1) is 22.8 Å². The summed E-state index contributed by atoms with van der Waals surface area (Å²) in [5.41, 5.74) is 6.76. The molecule has 11 heteroatoms. The summed E-state index contributed by atoms with van der Waals surface area (Å²) in [6.07, 6.45) is 4.76. The Morgan fingerprint density at radius 3 is 1.29 bits per heavy atom. The summed E-state index contributed by atoms with van der Waals surface area (Å²) in [4.78, 5) is 47.3. The van der Waals surface area contributed by atoms with Gasteiger partial charge in [-0.3, -0.25) is 9.59 Å². The maximum Gasteiger partial charge on any atom is 0.509 e. The number of hydrogen-bond donors (Lipinski definition) is 0. The highest BCUT2D eigenvalue weighted by Crippen LogP contribution is 2.33. The molecule has 4 aromatic heterocycles. The Morgan fingerprint density at radius 2 is 0.919 bits per heavy atom. The van der Waals surface area contributed by atoms with Crippen LogP contribution in [0.2, 0.25) is 0 Å². The maximum absolute atomic E-state index is 13.7. The fourth-order valence-corrected chi connectivity index (χ4v) is 7.55. The predicted octanol–water partition coefficient (Wildman–Crippen LogP) is 10.6. The quantitative estimate of drug-likeness (QED) is 0.0777. The second-order valence-electron chi connectivity index (χ2n) is 16.1. The first kappa shape index (κ1) is 41.0. The summed E-state index contributed by atoms with van der Waals surface area (Å²) >= 11 is 0. The highest BCUT2D eigenvalue weighted by molar-refractivity contribution is 5.91. The fraction of sp³-hybridized carbons (Fsp3) is 0.157. The zero-order valence-electron chi connectivity index (χ0n) is 34.8. The van der Waals surface area contributed by atoms with E-state index in [-0.39, 0.29) is 12.8 Å². The van der Waals surface area contributed by atoms with Crippen LogP contribution in [0.3, 0.4) is 0 Å². The van der Waals surface area contributed by atoms with Crippen LogP contribution in [0.15, 0.2) is 158 Å². The average molecular weight is 821 g/mol. The second-order valence-corrected chi connectivity index (χ2v) is 16.1. The minimum atomic E-state index is -1.05. The van der Waals surface area contributed by atoms with E-state index in [9.17, 15) is 14.4 Å². The van der Waals surface area contributed by atoms with Crippen LogP contribution in [0, 0.1) is 0 Å². The normalized spacial score (nSPS) is 11.5. The highest BCUT2D eigenvalue weighted by atomic mass is 16.7. The number of aromatic nitrogens is 6. The van der Waals surface area contributed by atoms with E-state index in [4.69, 9.17) is 19.7 Å². The monoisotopic (exact) mass is 820 g/mol. The summed E-state index contributed by atoms with van der Waals surface area (Å²) in [5, 5.41) is 9.84. The lowest BCUT2D eigenvalue weighted by Gasteiger charge is -2.29. The largest absolute Gasteiger partial charge is 0.509 e. The van der Waals surface area contributed by atoms with E-state index in [0.717, 1.165) is 57.3 Å². The number of ether oxygens (including phenoxy) is 2. The number of carbonyl (C=O) groups is 3. The number of hydrogen-bond acceptors (Lipinski definition) is 9. The van der Waals surface area contributed by atoms with E-state index in [0.29, 0.717) is 34.2 Å². The molecule has 4 aromatic carbocycles. The van der Waals surface area contributed by atoms with E-state index >= 15 is 0 Å². The molecule has 0 aliphatic heterocycles. The van der Waals surface area contributed by atoms with Crippen molar-refractivity contribution in [1.29, 1.82) is 0 Å². The van der Waals surface area contributed by atoms with Crippen LogP contribution in [0.4, 0.5) is 4.79 Å². The van der Waals surface area contributed by atoms with E-state index in [1.165, 1.54) is 0 Å². The molecule has 8 rings (SSSR count). The van der Waals surface area contributed by atoms with Gasteiger partial charge in [0, 0.05) is 47.5 Å². The molecule has 0 saturated heterocycles. The molecule has 0 fully saturated rings. The molecule has 11 nitrogen and oxygen atoms in total. The van der Waals surface area contributed by atoms with Crippen molar-refractivity contribution in [3.8, 4) is 56.4 Å². The van der Waals surface area contributed by atoms with Crippen LogP contribution in [0.1, 0.15) is 59.8 Å². The summed E-state index contributed by atoms with van der Waals surface area (Å²) < 4.78 is 15.6. The third-order valence-corrected chi connectivity index (χ3v) is 10.3. The number of rotatable bonds is 14. The summed E-state index contributed by atoms with van der Waals surface area (Å²) in [6, 6.07) is 45.9. The summed E-state index contributed by atoms with van der Waals surface area (Å²) in [7, 11) is 0. The molecule has 0 aliphatic rings. The highest BCUT2D eigenvalue weighted by Gasteiger charge is 2.33. The SMILES string of the molecule is CC(C)(Cc1cc(-c2ccc(-c3ccccc3)c(C=O)c2)nn1-c1ccccn1)OC(=O)OC(C)(C)Cc1cc(-c2ccc(-c3ccccc3)c(C=O)c2)nn1-c1ccccn1. The van der Waals surface area contributed by atoms with Gasteiger partial charge in [-0.25, -0.2) is 24.1 Å². The first-order valence-electron chi connectivity index (χ1n) is 20.2. The van der Waals surface area contributed by atoms with Gasteiger partial charge in [-0.05, 0) is 98.5 Å². The number of nitrogens with zero attached hydrogens (tertiary/aromatic N) is 6. The van der Waals surface area contributed by atoms with E-state index in [1.54, 1.807) is 21.8 Å². The van der Waals surface area contributed by atoms with Gasteiger partial charge < -0.3 is 9.47 Å². The number of benzene rings is 4. The van der Waals surface area contributed by atoms with Crippen molar-refractivity contribution in [3.63, 3.8) is 0 Å². The minimum absolute atomic E-state index is 0.260. The standard InChI is InChI=1S/C51H44N6O5/c1-50(2,31-41-29-45(54-56(41)47-19-11-13-25-52-47)37-21-23-43(39(27-37)33-58)35-15-7-5-8-16-35)61-49(60)62-51(3,4)32-42-30-46(55-57(42)48-20-12-14-26-53-48)38-22-24-44(40(28-38)34-59)36-17-9-6-10-18-36/h5-30,33-34H,31-32H2,1-4H3. The Morgan fingerprint density at radius 1 is 0.516 bits per heavy atom. The number of pyridine rings is 2. The average Bonchev–Trinajstić information content (AvgIpc) is 3.90. The second kappa shape index (κ2) is 17.4. The molecule has 0 saturated carbocycles. The smallest absolute Gasteiger partial charge is 0.428 e. The summed E-state index contributed by atoms with van der Waals surface area (Å²) in [5.74, 6) is 1.17. The minimum Gasteiger partial charge on any atom is -0.428 e. The first-order valence-corrected chi connectivity index (χ1v) is 20.2. The van der Waals surface area contributed by atoms with Crippen molar-refractivity contribution in [2.24, 2.45) is 0 Å². The van der Waals surface area contributed by atoms with E-state index in [2.05, 4.69) is 9.97 Å². The van der Waals surface area contributed by atoms with E-state index < -0.39 is 17.4 Å². The van der Waals surface area contributed by atoms with Crippen LogP contribution in [0.25, 0.3) is 56.4 Å². The molecule has 0 unspecified atom stereocenters. The number of aldehydes is 2. The molecule has 62 heavy (non-hydrogen) atoms. The molecule has 0 spiro atoms. The van der Waals surface area contributed by atoms with Crippen LogP contribution in [0.5, 0.6) is 0 Å². The third-order valence-electron chi connectivity index (χ3n) is 10.3. The molecule has 308 valence electrons. The van der Waals surface area contributed by atoms with Crippen LogP contribution < -0.4 is 0 Å². The molecular formula is C51H44N6O5. The van der Waals surface area contributed by atoms with Gasteiger partial charge >= 0.3 is 6.16 Å². The van der Waals surface area contributed by atoms with Crippen LogP contribution >= 0.6 is 0 Å². The van der Waals surface area contributed by atoms with Crippen molar-refractivity contribution >= 4 is 18.7 Å². The van der Waals surface area contributed by atoms with Crippen molar-refractivity contribution < 1.29 is 23.9 Å². The fourth-order valence-electron chi connectivity index (χ4n) is 7.55. The lowest BCUT2D eigenvalue weighted by molar-refractivity contribution is -0.0589. The molecule has 8 aromatic rings. The zero-order valence-corrected chi connectivity index (χ0v) is 34.8. The Bertz CT molecular complexity index is 2660. The van der Waals surface area contributed by atoms with Gasteiger partial charge in [0.1, 0.15) is 11.2 Å². The first-order chi connectivity index (χ1) is 30.0. The molecule has 0 aliphatic carbocycles. The molecule has 0 amide bonds. The van der Waals surface area contributed by atoms with Crippen molar-refractivity contribution in [1.82, 2.24) is 29.5 Å². The topological polar surface area (TPSA) is 131 Å². The van der Waals surface area contributed by atoms with Gasteiger partial charge in [-0.15, -0.1) is 0 Å². The van der Waals surface area contributed by atoms with Gasteiger partial charge in [-0.2, -0.15) is 10.2 Å². The Balaban J connectivity index is 1.02. The van der Waals surface area contributed by atoms with Crippen molar-refractivity contribution in [3.05, 3.63) is 181 Å². The Hall–Kier alpha value is -7.79. The lowest BCUT2D eigenvalue weighted by atomic mass is 9.96. The molecule has 0 bridgehead atoms. The number of carbonyl (C=O) groups excluding carboxylic acids is 3. The molecule has 0 atom stereocenters. The Kier molecular flexibility index (Phi) is 11.5. The van der Waals surface area contributed by atoms with Crippen molar-refractivity contribution in [2.45, 2.75) is 51.7 Å². The molecule has 0 N–H and O–H groups in total. The molecular weight excluding hydrogens is 777 g/mol. The Labute approximate surface area is 359 Å². The van der Waals surface area contributed by atoms with Gasteiger partial charge in [0.15, 0.2) is 24.2 Å². The molecule has 0 radical (unpaired) electrons. The van der Waals surface area contributed by atoms with Gasteiger partial charge in [0.25, 0.3) is 0 Å². The maximum atomic E-state index is 13.7. The van der Waals surface area contributed by atoms with E-state index in [1.807, 2.05) is 173 Å². The third kappa shape index (κ3) is 9.17. The molecule has 4 heterocycles. The van der Waals surface area contributed by atoms with Gasteiger partial charge in [-0.1, -0.05) is 97.1 Å². The van der Waals surface area contributed by atoms with Gasteiger partial charge in [0.2, 0.25) is 0 Å². The van der Waals surface area contributed by atoms with Crippen molar-refractivity contribution in [2.75, 3.05) is 0 Å². The zero-order chi connectivity index (χ0) is 43.3.